The van der Waals surface area contributed by atoms with Crippen molar-refractivity contribution in [2.24, 2.45) is 5.92 Å². The summed E-state index contributed by atoms with van der Waals surface area (Å²) in [5.41, 5.74) is 0.865. The standard InChI is InChI=1S/C14H22N4O/c1-11(2)13(19)16-10-12-6-7-15-14(17-12)18-8-4-3-5-9-18/h6-7,11H,3-5,8-10H2,1-2H3,(H,16,19). The summed E-state index contributed by atoms with van der Waals surface area (Å²) in [5.74, 6) is 0.845. The third-order valence-electron chi connectivity index (χ3n) is 3.31. The first-order chi connectivity index (χ1) is 9.16. The highest BCUT2D eigenvalue weighted by molar-refractivity contribution is 5.77. The quantitative estimate of drug-likeness (QED) is 0.898. The molecule has 1 aromatic rings. The summed E-state index contributed by atoms with van der Waals surface area (Å²) in [6.07, 6.45) is 5.48. The van der Waals surface area contributed by atoms with Gasteiger partial charge in [-0.2, -0.15) is 0 Å². The molecule has 2 rings (SSSR count). The molecule has 0 aromatic carbocycles. The first kappa shape index (κ1) is 13.8. The number of hydrogen-bond acceptors (Lipinski definition) is 4. The van der Waals surface area contributed by atoms with Crippen molar-refractivity contribution in [3.8, 4) is 0 Å². The third kappa shape index (κ3) is 3.91. The predicted molar refractivity (Wildman–Crippen MR) is 74.8 cm³/mol. The number of nitrogens with zero attached hydrogens (tertiary/aromatic N) is 3. The fourth-order valence-electron chi connectivity index (χ4n) is 2.11. The van der Waals surface area contributed by atoms with E-state index in [-0.39, 0.29) is 11.8 Å². The van der Waals surface area contributed by atoms with Gasteiger partial charge >= 0.3 is 0 Å². The van der Waals surface area contributed by atoms with Crippen LogP contribution in [0, 0.1) is 5.92 Å². The van der Waals surface area contributed by atoms with Crippen molar-refractivity contribution in [3.05, 3.63) is 18.0 Å². The van der Waals surface area contributed by atoms with E-state index in [1.165, 1.54) is 19.3 Å². The van der Waals surface area contributed by atoms with Crippen LogP contribution in [0.2, 0.25) is 0 Å². The Kier molecular flexibility index (Phi) is 4.71. The summed E-state index contributed by atoms with van der Waals surface area (Å²) >= 11 is 0. The minimum Gasteiger partial charge on any atom is -0.350 e. The average molecular weight is 262 g/mol. The van der Waals surface area contributed by atoms with Crippen molar-refractivity contribution in [2.45, 2.75) is 39.7 Å². The minimum atomic E-state index is 0.00315. The van der Waals surface area contributed by atoms with Gasteiger partial charge in [0, 0.05) is 25.2 Å². The zero-order valence-corrected chi connectivity index (χ0v) is 11.7. The second-order valence-corrected chi connectivity index (χ2v) is 5.27. The van der Waals surface area contributed by atoms with E-state index in [1.54, 1.807) is 6.20 Å². The number of rotatable bonds is 4. The number of aromatic nitrogens is 2. The summed E-state index contributed by atoms with van der Waals surface area (Å²) < 4.78 is 0. The van der Waals surface area contributed by atoms with Gasteiger partial charge < -0.3 is 10.2 Å². The molecule has 2 heterocycles. The SMILES string of the molecule is CC(C)C(=O)NCc1ccnc(N2CCCCC2)n1. The molecular formula is C14H22N4O. The molecule has 0 bridgehead atoms. The highest BCUT2D eigenvalue weighted by Gasteiger charge is 2.14. The monoisotopic (exact) mass is 262 g/mol. The highest BCUT2D eigenvalue weighted by Crippen LogP contribution is 2.15. The number of anilines is 1. The molecule has 1 amide bonds. The van der Waals surface area contributed by atoms with Crippen LogP contribution in [0.25, 0.3) is 0 Å². The number of piperidine rings is 1. The van der Waals surface area contributed by atoms with Gasteiger partial charge in [0.25, 0.3) is 0 Å². The minimum absolute atomic E-state index is 0.00315. The van der Waals surface area contributed by atoms with Gasteiger partial charge in [0.15, 0.2) is 0 Å². The zero-order valence-electron chi connectivity index (χ0n) is 11.7. The average Bonchev–Trinajstić information content (AvgIpc) is 2.46. The van der Waals surface area contributed by atoms with Crippen LogP contribution in [0.15, 0.2) is 12.3 Å². The fraction of sp³-hybridized carbons (Fsp3) is 0.643. The van der Waals surface area contributed by atoms with E-state index in [9.17, 15) is 4.79 Å². The zero-order chi connectivity index (χ0) is 13.7. The molecule has 1 saturated heterocycles. The number of carbonyl (C=O) groups excluding carboxylic acids is 1. The topological polar surface area (TPSA) is 58.1 Å². The van der Waals surface area contributed by atoms with Crippen LogP contribution in [0.3, 0.4) is 0 Å². The van der Waals surface area contributed by atoms with Crippen LogP contribution in [0.1, 0.15) is 38.8 Å². The lowest BCUT2D eigenvalue weighted by Crippen LogP contribution is -2.32. The molecule has 0 atom stereocenters. The summed E-state index contributed by atoms with van der Waals surface area (Å²) in [4.78, 5) is 22.6. The molecule has 0 saturated carbocycles. The molecule has 0 unspecified atom stereocenters. The Balaban J connectivity index is 1.96. The Labute approximate surface area is 114 Å². The van der Waals surface area contributed by atoms with Crippen molar-refractivity contribution < 1.29 is 4.79 Å². The van der Waals surface area contributed by atoms with Crippen molar-refractivity contribution in [2.75, 3.05) is 18.0 Å². The van der Waals surface area contributed by atoms with Gasteiger partial charge in [0.05, 0.1) is 12.2 Å². The second kappa shape index (κ2) is 6.50. The lowest BCUT2D eigenvalue weighted by atomic mass is 10.1. The van der Waals surface area contributed by atoms with Gasteiger partial charge in [0.1, 0.15) is 0 Å². The molecule has 19 heavy (non-hydrogen) atoms. The molecular weight excluding hydrogens is 240 g/mol. The largest absolute Gasteiger partial charge is 0.350 e. The Morgan fingerprint density at radius 2 is 2.11 bits per heavy atom. The second-order valence-electron chi connectivity index (χ2n) is 5.27. The molecule has 104 valence electrons. The van der Waals surface area contributed by atoms with E-state index in [0.29, 0.717) is 6.54 Å². The van der Waals surface area contributed by atoms with Crippen LogP contribution in [-0.2, 0) is 11.3 Å². The van der Waals surface area contributed by atoms with Gasteiger partial charge in [-0.05, 0) is 25.3 Å². The van der Waals surface area contributed by atoms with Gasteiger partial charge in [-0.15, -0.1) is 0 Å². The van der Waals surface area contributed by atoms with E-state index >= 15 is 0 Å². The summed E-state index contributed by atoms with van der Waals surface area (Å²) in [6.45, 7) is 6.30. The van der Waals surface area contributed by atoms with Crippen LogP contribution in [0.4, 0.5) is 5.95 Å². The van der Waals surface area contributed by atoms with E-state index in [2.05, 4.69) is 20.2 Å². The molecule has 5 heteroatoms. The Morgan fingerprint density at radius 3 is 2.79 bits per heavy atom. The molecule has 0 aliphatic carbocycles. The molecule has 0 spiro atoms. The normalized spacial score (nSPS) is 15.6. The summed E-state index contributed by atoms with van der Waals surface area (Å²) in [7, 11) is 0. The van der Waals surface area contributed by atoms with Crippen LogP contribution in [0.5, 0.6) is 0 Å². The molecule has 5 nitrogen and oxygen atoms in total. The van der Waals surface area contributed by atoms with Crippen LogP contribution >= 0.6 is 0 Å². The maximum Gasteiger partial charge on any atom is 0.225 e. The van der Waals surface area contributed by atoms with Crippen LogP contribution in [-0.4, -0.2) is 29.0 Å². The fourth-order valence-corrected chi connectivity index (χ4v) is 2.11. The van der Waals surface area contributed by atoms with Crippen molar-refractivity contribution in [1.29, 1.82) is 0 Å². The van der Waals surface area contributed by atoms with Crippen molar-refractivity contribution in [1.82, 2.24) is 15.3 Å². The Bertz CT molecular complexity index is 427. The molecule has 1 aromatic heterocycles. The number of hydrogen-bond donors (Lipinski definition) is 1. The Morgan fingerprint density at radius 1 is 1.37 bits per heavy atom. The summed E-state index contributed by atoms with van der Waals surface area (Å²) in [5, 5.41) is 2.88. The van der Waals surface area contributed by atoms with Gasteiger partial charge in [-0.1, -0.05) is 13.8 Å². The van der Waals surface area contributed by atoms with E-state index < -0.39 is 0 Å². The number of nitrogens with one attached hydrogen (secondary N) is 1. The molecule has 1 fully saturated rings. The lowest BCUT2D eigenvalue weighted by Gasteiger charge is -2.26. The lowest BCUT2D eigenvalue weighted by molar-refractivity contribution is -0.124. The number of carbonyl (C=O) groups is 1. The van der Waals surface area contributed by atoms with Crippen LogP contribution < -0.4 is 10.2 Å². The molecule has 1 aliphatic rings. The Hall–Kier alpha value is -1.65. The van der Waals surface area contributed by atoms with Gasteiger partial charge in [-0.25, -0.2) is 9.97 Å². The first-order valence-electron chi connectivity index (χ1n) is 7.01. The van der Waals surface area contributed by atoms with Crippen molar-refractivity contribution >= 4 is 11.9 Å². The molecule has 0 radical (unpaired) electrons. The third-order valence-corrected chi connectivity index (χ3v) is 3.31. The molecule has 1 N–H and O–H groups in total. The smallest absolute Gasteiger partial charge is 0.225 e. The summed E-state index contributed by atoms with van der Waals surface area (Å²) in [6, 6.07) is 1.86. The van der Waals surface area contributed by atoms with Gasteiger partial charge in [0.2, 0.25) is 11.9 Å². The van der Waals surface area contributed by atoms with E-state index in [1.807, 2.05) is 19.9 Å². The molecule has 1 aliphatic heterocycles. The van der Waals surface area contributed by atoms with Crippen molar-refractivity contribution in [3.63, 3.8) is 0 Å². The first-order valence-corrected chi connectivity index (χ1v) is 7.01. The maximum absolute atomic E-state index is 11.5. The van der Waals surface area contributed by atoms with E-state index in [4.69, 9.17) is 0 Å². The highest BCUT2D eigenvalue weighted by atomic mass is 16.1. The predicted octanol–water partition coefficient (Wildman–Crippen LogP) is 1.74. The van der Waals surface area contributed by atoms with Gasteiger partial charge in [-0.3, -0.25) is 4.79 Å². The maximum atomic E-state index is 11.5. The number of amides is 1. The van der Waals surface area contributed by atoms with E-state index in [0.717, 1.165) is 24.7 Å².